The molecule has 2 nitrogen and oxygen atoms in total. The molecule has 1 aromatic rings. The van der Waals surface area contributed by atoms with Crippen LogP contribution in [0.1, 0.15) is 39.4 Å². The lowest BCUT2D eigenvalue weighted by Crippen LogP contribution is -2.29. The highest BCUT2D eigenvalue weighted by atomic mass is 79.9. The van der Waals surface area contributed by atoms with Gasteiger partial charge in [-0.25, -0.2) is 0 Å². The topological polar surface area (TPSA) is 29.1 Å². The van der Waals surface area contributed by atoms with Gasteiger partial charge in [0.25, 0.3) is 5.91 Å². The Balaban J connectivity index is 1.59. The third-order valence-electron chi connectivity index (χ3n) is 4.06. The lowest BCUT2D eigenvalue weighted by Gasteiger charge is -2.13. The maximum atomic E-state index is 12.2. The van der Waals surface area contributed by atoms with E-state index in [0.717, 1.165) is 28.9 Å². The first-order valence-corrected chi connectivity index (χ1v) is 9.85. The van der Waals surface area contributed by atoms with Gasteiger partial charge in [0.2, 0.25) is 0 Å². The molecule has 0 atom stereocenters. The summed E-state index contributed by atoms with van der Waals surface area (Å²) in [6.45, 7) is 0.842. The molecule has 104 valence electrons. The first kappa shape index (κ1) is 14.0. The van der Waals surface area contributed by atoms with E-state index in [-0.39, 0.29) is 5.91 Å². The summed E-state index contributed by atoms with van der Waals surface area (Å²) < 4.78 is 0. The highest BCUT2D eigenvalue weighted by Crippen LogP contribution is 2.48. The van der Waals surface area contributed by atoms with E-state index in [2.05, 4.69) is 27.3 Å². The van der Waals surface area contributed by atoms with Crippen LogP contribution in [-0.4, -0.2) is 23.5 Å². The van der Waals surface area contributed by atoms with Gasteiger partial charge in [0, 0.05) is 22.5 Å². The molecule has 0 spiro atoms. The molecule has 2 heterocycles. The molecule has 1 aliphatic carbocycles. The van der Waals surface area contributed by atoms with E-state index < -0.39 is 0 Å². The summed E-state index contributed by atoms with van der Waals surface area (Å²) in [5.74, 6) is 2.40. The second kappa shape index (κ2) is 5.78. The van der Waals surface area contributed by atoms with Crippen LogP contribution in [0.2, 0.25) is 0 Å². The van der Waals surface area contributed by atoms with Gasteiger partial charge in [-0.05, 0) is 48.5 Å². The zero-order chi connectivity index (χ0) is 13.3. The number of aryl methyl sites for hydroxylation is 1. The molecule has 1 N–H and O–H groups in total. The molecular weight excluding hydrogens is 342 g/mol. The minimum absolute atomic E-state index is 0.130. The number of amides is 1. The number of halogens is 1. The van der Waals surface area contributed by atoms with Crippen molar-refractivity contribution in [1.29, 1.82) is 0 Å². The standard InChI is InChI=1S/C14H18BrNOS2/c15-5-4-14(2-3-14)9-16-13(17)12-7-10-8-18-6-1-11(10)19-12/h7H,1-6,8-9H2,(H,16,17). The number of carbonyl (C=O) groups is 1. The third kappa shape index (κ3) is 3.19. The van der Waals surface area contributed by atoms with Gasteiger partial charge >= 0.3 is 0 Å². The first-order valence-electron chi connectivity index (χ1n) is 6.76. The molecule has 1 aliphatic heterocycles. The predicted octanol–water partition coefficient (Wildman–Crippen LogP) is 3.83. The van der Waals surface area contributed by atoms with Gasteiger partial charge in [-0.1, -0.05) is 15.9 Å². The summed E-state index contributed by atoms with van der Waals surface area (Å²) in [6.07, 6.45) is 4.82. The number of hydrogen-bond donors (Lipinski definition) is 1. The normalized spacial score (nSPS) is 19.8. The van der Waals surface area contributed by atoms with Crippen molar-refractivity contribution in [3.8, 4) is 0 Å². The van der Waals surface area contributed by atoms with Gasteiger partial charge in [0.1, 0.15) is 0 Å². The highest BCUT2D eigenvalue weighted by Gasteiger charge is 2.41. The Morgan fingerprint density at radius 3 is 3.00 bits per heavy atom. The van der Waals surface area contributed by atoms with E-state index in [1.807, 2.05) is 11.8 Å². The zero-order valence-corrected chi connectivity index (χ0v) is 14.1. The van der Waals surface area contributed by atoms with Crippen LogP contribution >= 0.6 is 39.0 Å². The van der Waals surface area contributed by atoms with Crippen LogP contribution in [0.15, 0.2) is 6.07 Å². The van der Waals surface area contributed by atoms with Crippen LogP contribution in [0.3, 0.4) is 0 Å². The Morgan fingerprint density at radius 2 is 2.32 bits per heavy atom. The number of fused-ring (bicyclic) bond motifs is 1. The largest absolute Gasteiger partial charge is 0.351 e. The Labute approximate surface area is 130 Å². The molecule has 2 aliphatic rings. The third-order valence-corrected chi connectivity index (χ3v) is 6.70. The number of thioether (sulfide) groups is 1. The summed E-state index contributed by atoms with van der Waals surface area (Å²) in [7, 11) is 0. The minimum atomic E-state index is 0.130. The predicted molar refractivity (Wildman–Crippen MR) is 86.6 cm³/mol. The second-order valence-corrected chi connectivity index (χ2v) is 8.52. The van der Waals surface area contributed by atoms with E-state index in [1.165, 1.54) is 35.5 Å². The van der Waals surface area contributed by atoms with E-state index in [1.54, 1.807) is 11.3 Å². The van der Waals surface area contributed by atoms with Crippen molar-refractivity contribution < 1.29 is 4.79 Å². The van der Waals surface area contributed by atoms with Gasteiger partial charge in [0.15, 0.2) is 0 Å². The van der Waals surface area contributed by atoms with Crippen LogP contribution in [0, 0.1) is 5.41 Å². The van der Waals surface area contributed by atoms with Gasteiger partial charge in [-0.3, -0.25) is 4.79 Å². The van der Waals surface area contributed by atoms with E-state index >= 15 is 0 Å². The molecule has 1 fully saturated rings. The summed E-state index contributed by atoms with van der Waals surface area (Å²) in [6, 6.07) is 2.10. The summed E-state index contributed by atoms with van der Waals surface area (Å²) >= 11 is 7.16. The lowest BCUT2D eigenvalue weighted by molar-refractivity contribution is 0.0948. The molecular formula is C14H18BrNOS2. The fourth-order valence-corrected chi connectivity index (χ4v) is 5.64. The summed E-state index contributed by atoms with van der Waals surface area (Å²) in [5, 5.41) is 4.17. The fourth-order valence-electron chi connectivity index (χ4n) is 2.51. The van der Waals surface area contributed by atoms with Crippen molar-refractivity contribution in [3.63, 3.8) is 0 Å². The van der Waals surface area contributed by atoms with E-state index in [9.17, 15) is 4.79 Å². The first-order chi connectivity index (χ1) is 9.22. The lowest BCUT2D eigenvalue weighted by atomic mass is 10.0. The number of thiophene rings is 1. The Morgan fingerprint density at radius 1 is 1.47 bits per heavy atom. The number of carbonyl (C=O) groups excluding carboxylic acids is 1. The summed E-state index contributed by atoms with van der Waals surface area (Å²) in [5.41, 5.74) is 1.78. The van der Waals surface area contributed by atoms with E-state index in [4.69, 9.17) is 0 Å². The molecule has 1 saturated carbocycles. The number of rotatable bonds is 5. The van der Waals surface area contributed by atoms with Crippen molar-refractivity contribution in [2.75, 3.05) is 17.6 Å². The zero-order valence-electron chi connectivity index (χ0n) is 10.8. The molecule has 1 aromatic heterocycles. The summed E-state index contributed by atoms with van der Waals surface area (Å²) in [4.78, 5) is 14.5. The molecule has 3 rings (SSSR count). The second-order valence-electron chi connectivity index (χ2n) is 5.48. The Kier molecular flexibility index (Phi) is 4.25. The fraction of sp³-hybridized carbons (Fsp3) is 0.643. The van der Waals surface area contributed by atoms with Crippen molar-refractivity contribution >= 4 is 44.9 Å². The number of nitrogens with one attached hydrogen (secondary N) is 1. The van der Waals surface area contributed by atoms with Gasteiger partial charge < -0.3 is 5.32 Å². The van der Waals surface area contributed by atoms with Crippen LogP contribution in [0.4, 0.5) is 0 Å². The van der Waals surface area contributed by atoms with Crippen molar-refractivity contribution in [2.45, 2.75) is 31.4 Å². The molecule has 5 heteroatoms. The van der Waals surface area contributed by atoms with Crippen LogP contribution in [0.25, 0.3) is 0 Å². The molecule has 1 amide bonds. The highest BCUT2D eigenvalue weighted by molar-refractivity contribution is 9.09. The molecule has 0 radical (unpaired) electrons. The van der Waals surface area contributed by atoms with Crippen molar-refractivity contribution in [3.05, 3.63) is 21.4 Å². The molecule has 19 heavy (non-hydrogen) atoms. The minimum Gasteiger partial charge on any atom is -0.351 e. The quantitative estimate of drug-likeness (QED) is 0.809. The van der Waals surface area contributed by atoms with Gasteiger partial charge in [-0.2, -0.15) is 11.8 Å². The van der Waals surface area contributed by atoms with Crippen LogP contribution < -0.4 is 5.32 Å². The SMILES string of the molecule is O=C(NCC1(CCBr)CC1)c1cc2c(s1)CCSC2. The van der Waals surface area contributed by atoms with E-state index in [0.29, 0.717) is 5.41 Å². The smallest absolute Gasteiger partial charge is 0.261 e. The van der Waals surface area contributed by atoms with Gasteiger partial charge in [-0.15, -0.1) is 11.3 Å². The van der Waals surface area contributed by atoms with Crippen LogP contribution in [-0.2, 0) is 12.2 Å². The monoisotopic (exact) mass is 359 g/mol. The Hall–Kier alpha value is -0.000000000000000111. The average molecular weight is 360 g/mol. The molecule has 0 saturated heterocycles. The van der Waals surface area contributed by atoms with Gasteiger partial charge in [0.05, 0.1) is 4.88 Å². The Bertz CT molecular complexity index is 458. The molecule has 0 bridgehead atoms. The maximum Gasteiger partial charge on any atom is 0.261 e. The van der Waals surface area contributed by atoms with Crippen molar-refractivity contribution in [1.82, 2.24) is 5.32 Å². The molecule has 0 aromatic carbocycles. The van der Waals surface area contributed by atoms with Crippen molar-refractivity contribution in [2.24, 2.45) is 5.41 Å². The number of alkyl halides is 1. The molecule has 0 unspecified atom stereocenters. The maximum absolute atomic E-state index is 12.2. The number of hydrogen-bond acceptors (Lipinski definition) is 3. The average Bonchev–Trinajstić information content (AvgIpc) is 3.04. The van der Waals surface area contributed by atoms with Crippen LogP contribution in [0.5, 0.6) is 0 Å².